The van der Waals surface area contributed by atoms with E-state index in [2.05, 4.69) is 232 Å². The Morgan fingerprint density at radius 1 is 0.500 bits per heavy atom. The molecule has 282 valence electrons. The summed E-state index contributed by atoms with van der Waals surface area (Å²) in [5, 5.41) is 0. The molecule has 3 aliphatic carbocycles. The van der Waals surface area contributed by atoms with E-state index < -0.39 is 5.41 Å². The zero-order valence-electron chi connectivity index (χ0n) is 33.6. The number of benzene rings is 7. The summed E-state index contributed by atoms with van der Waals surface area (Å²) in [4.78, 5) is 2.54. The molecule has 0 N–H and O–H groups in total. The van der Waals surface area contributed by atoms with E-state index >= 15 is 0 Å². The number of fused-ring (bicyclic) bond motifs is 6. The first-order valence-electron chi connectivity index (χ1n) is 21.1. The first-order chi connectivity index (χ1) is 28.6. The third kappa shape index (κ3) is 5.44. The van der Waals surface area contributed by atoms with Gasteiger partial charge in [-0.15, -0.1) is 0 Å². The molecular formula is C57H49N. The highest BCUT2D eigenvalue weighted by molar-refractivity contribution is 5.93. The topological polar surface area (TPSA) is 3.24 Å². The van der Waals surface area contributed by atoms with Crippen LogP contribution >= 0.6 is 0 Å². The average molecular weight is 748 g/mol. The summed E-state index contributed by atoms with van der Waals surface area (Å²) in [5.74, 6) is 0.388. The highest BCUT2D eigenvalue weighted by Crippen LogP contribution is 2.58. The first-order valence-corrected chi connectivity index (χ1v) is 21.1. The van der Waals surface area contributed by atoms with E-state index in [1.165, 1.54) is 78.1 Å². The van der Waals surface area contributed by atoms with Crippen molar-refractivity contribution in [1.82, 2.24) is 0 Å². The van der Waals surface area contributed by atoms with Gasteiger partial charge in [-0.3, -0.25) is 0 Å². The second kappa shape index (κ2) is 14.5. The van der Waals surface area contributed by atoms with Gasteiger partial charge in [-0.25, -0.2) is 0 Å². The van der Waals surface area contributed by atoms with Crippen molar-refractivity contribution in [2.45, 2.75) is 50.5 Å². The molecule has 0 aromatic heterocycles. The third-order valence-electron chi connectivity index (χ3n) is 13.5. The van der Waals surface area contributed by atoms with Gasteiger partial charge in [-0.05, 0) is 110 Å². The summed E-state index contributed by atoms with van der Waals surface area (Å²) in [6.45, 7) is 7.08. The van der Waals surface area contributed by atoms with Crippen LogP contribution in [0.1, 0.15) is 78.1 Å². The Labute approximate surface area is 344 Å². The van der Waals surface area contributed by atoms with Crippen molar-refractivity contribution in [1.29, 1.82) is 0 Å². The van der Waals surface area contributed by atoms with Gasteiger partial charge < -0.3 is 4.90 Å². The van der Waals surface area contributed by atoms with Crippen molar-refractivity contribution in [3.63, 3.8) is 0 Å². The summed E-state index contributed by atoms with van der Waals surface area (Å²) in [7, 11) is 0. The van der Waals surface area contributed by atoms with Crippen molar-refractivity contribution < 1.29 is 0 Å². The van der Waals surface area contributed by atoms with Crippen molar-refractivity contribution in [2.75, 3.05) is 4.90 Å². The normalized spacial score (nSPS) is 17.8. The molecule has 58 heavy (non-hydrogen) atoms. The van der Waals surface area contributed by atoms with Gasteiger partial charge in [0.05, 0.1) is 11.5 Å². The predicted molar refractivity (Wildman–Crippen MR) is 246 cm³/mol. The lowest BCUT2D eigenvalue weighted by Crippen LogP contribution is -2.35. The summed E-state index contributed by atoms with van der Waals surface area (Å²) < 4.78 is 0. The Morgan fingerprint density at radius 3 is 1.79 bits per heavy atom. The average Bonchev–Trinajstić information content (AvgIpc) is 3.75. The molecule has 1 heteroatoms. The minimum Gasteiger partial charge on any atom is -0.334 e. The standard InChI is InChI=1S/C57H49N/c1-4-56(5-2)52-38-41(33-36-47(52)48-37-35-46(39-53(48)56)58(45-26-13-8-14-27-45)54-31-18-15-20-40(54)3)32-34-42-21-19-30-51-55(42)49-28-16-17-29-50(49)57(51,43-22-9-6-10-23-43)44-24-11-7-12-25-44/h6-40,54H,4-5H2,1-3H3/b34-32+. The molecule has 10 rings (SSSR count). The Balaban J connectivity index is 1.07. The van der Waals surface area contributed by atoms with Gasteiger partial charge in [0.15, 0.2) is 0 Å². The number of rotatable bonds is 9. The van der Waals surface area contributed by atoms with E-state index in [-0.39, 0.29) is 11.5 Å². The Morgan fingerprint density at radius 2 is 1.10 bits per heavy atom. The fourth-order valence-corrected chi connectivity index (χ4v) is 10.7. The smallest absolute Gasteiger partial charge is 0.0713 e. The zero-order chi connectivity index (χ0) is 39.3. The van der Waals surface area contributed by atoms with Crippen LogP contribution in [0, 0.1) is 5.92 Å². The second-order valence-electron chi connectivity index (χ2n) is 16.3. The molecule has 0 bridgehead atoms. The van der Waals surface area contributed by atoms with Crippen LogP contribution in [0.15, 0.2) is 194 Å². The lowest BCUT2D eigenvalue weighted by atomic mass is 9.67. The van der Waals surface area contributed by atoms with Crippen molar-refractivity contribution in [3.05, 3.63) is 239 Å². The van der Waals surface area contributed by atoms with E-state index in [4.69, 9.17) is 0 Å². The van der Waals surface area contributed by atoms with Gasteiger partial charge >= 0.3 is 0 Å². The van der Waals surface area contributed by atoms with Gasteiger partial charge in [0.1, 0.15) is 0 Å². The summed E-state index contributed by atoms with van der Waals surface area (Å²) in [6, 6.07) is 63.7. The Kier molecular flexibility index (Phi) is 8.98. The van der Waals surface area contributed by atoms with Crippen molar-refractivity contribution in [3.8, 4) is 22.3 Å². The molecule has 2 atom stereocenters. The summed E-state index contributed by atoms with van der Waals surface area (Å²) >= 11 is 0. The fraction of sp³-hybridized carbons (Fsp3) is 0.158. The van der Waals surface area contributed by atoms with Crippen LogP contribution in [-0.2, 0) is 10.8 Å². The molecule has 0 amide bonds. The molecule has 7 aromatic carbocycles. The van der Waals surface area contributed by atoms with E-state index in [0.29, 0.717) is 5.92 Å². The number of nitrogens with zero attached hydrogens (tertiary/aromatic N) is 1. The predicted octanol–water partition coefficient (Wildman–Crippen LogP) is 14.6. The molecule has 2 unspecified atom stereocenters. The maximum absolute atomic E-state index is 2.54. The van der Waals surface area contributed by atoms with Gasteiger partial charge in [0.25, 0.3) is 0 Å². The van der Waals surface area contributed by atoms with Crippen LogP contribution in [0.2, 0.25) is 0 Å². The molecule has 0 spiro atoms. The fourth-order valence-electron chi connectivity index (χ4n) is 10.7. The Hall–Kier alpha value is -6.44. The highest BCUT2D eigenvalue weighted by Gasteiger charge is 2.46. The Bertz CT molecular complexity index is 2670. The van der Waals surface area contributed by atoms with Gasteiger partial charge in [0.2, 0.25) is 0 Å². The maximum atomic E-state index is 2.54. The number of allylic oxidation sites excluding steroid dienone is 2. The quantitative estimate of drug-likeness (QED) is 0.133. The first kappa shape index (κ1) is 35.9. The SMILES string of the molecule is CCC1(CC)c2cc(/C=C/c3cccc4c3-c3ccccc3C4(c3ccccc3)c3ccccc3)ccc2-c2ccc(N(c3ccccc3)C3C=CC=CC3C)cc21. The number of para-hydroxylation sites is 1. The lowest BCUT2D eigenvalue weighted by Gasteiger charge is -2.37. The third-order valence-corrected chi connectivity index (χ3v) is 13.5. The van der Waals surface area contributed by atoms with E-state index in [9.17, 15) is 0 Å². The molecular weight excluding hydrogens is 699 g/mol. The molecule has 0 radical (unpaired) electrons. The number of anilines is 2. The molecule has 0 saturated heterocycles. The maximum Gasteiger partial charge on any atom is 0.0713 e. The van der Waals surface area contributed by atoms with Gasteiger partial charge in [-0.1, -0.05) is 203 Å². The highest BCUT2D eigenvalue weighted by atomic mass is 15.2. The summed E-state index contributed by atoms with van der Waals surface area (Å²) in [6.07, 6.45) is 15.8. The molecule has 1 nitrogen and oxygen atoms in total. The van der Waals surface area contributed by atoms with Crippen LogP contribution in [0.4, 0.5) is 11.4 Å². The van der Waals surface area contributed by atoms with Crippen molar-refractivity contribution in [2.24, 2.45) is 5.92 Å². The van der Waals surface area contributed by atoms with Gasteiger partial charge in [0, 0.05) is 16.8 Å². The van der Waals surface area contributed by atoms with Crippen LogP contribution in [0.3, 0.4) is 0 Å². The van der Waals surface area contributed by atoms with Crippen LogP contribution in [-0.4, -0.2) is 6.04 Å². The van der Waals surface area contributed by atoms with Crippen LogP contribution in [0.5, 0.6) is 0 Å². The minimum atomic E-state index is -0.406. The largest absolute Gasteiger partial charge is 0.334 e. The summed E-state index contributed by atoms with van der Waals surface area (Å²) in [5.41, 5.74) is 18.0. The number of hydrogen-bond acceptors (Lipinski definition) is 1. The van der Waals surface area contributed by atoms with Crippen molar-refractivity contribution >= 4 is 23.5 Å². The van der Waals surface area contributed by atoms with E-state index in [1.807, 2.05) is 0 Å². The number of hydrogen-bond donors (Lipinski definition) is 0. The zero-order valence-corrected chi connectivity index (χ0v) is 33.6. The van der Waals surface area contributed by atoms with E-state index in [1.54, 1.807) is 0 Å². The van der Waals surface area contributed by atoms with Gasteiger partial charge in [-0.2, -0.15) is 0 Å². The van der Waals surface area contributed by atoms with Crippen LogP contribution in [0.25, 0.3) is 34.4 Å². The molecule has 7 aromatic rings. The monoisotopic (exact) mass is 747 g/mol. The lowest BCUT2D eigenvalue weighted by molar-refractivity contribution is 0.490. The molecule has 0 heterocycles. The second-order valence-corrected chi connectivity index (χ2v) is 16.3. The van der Waals surface area contributed by atoms with Crippen LogP contribution < -0.4 is 4.90 Å². The van der Waals surface area contributed by atoms with E-state index in [0.717, 1.165) is 12.8 Å². The minimum absolute atomic E-state index is 0.0707. The molecule has 0 saturated carbocycles. The molecule has 0 fully saturated rings. The molecule has 3 aliphatic rings. The molecule has 0 aliphatic heterocycles.